The first-order valence-electron chi connectivity index (χ1n) is 8.44. The van der Waals surface area contributed by atoms with Gasteiger partial charge in [0.2, 0.25) is 0 Å². The van der Waals surface area contributed by atoms with Crippen molar-refractivity contribution >= 4 is 0 Å². The summed E-state index contributed by atoms with van der Waals surface area (Å²) in [6.45, 7) is 5.17. The van der Waals surface area contributed by atoms with E-state index >= 15 is 0 Å². The average Bonchev–Trinajstić information content (AvgIpc) is 2.45. The molecule has 0 atom stereocenters. The molecule has 0 unspecified atom stereocenters. The molecule has 1 radical (unpaired) electrons. The highest BCUT2D eigenvalue weighted by molar-refractivity contribution is 5.26. The van der Waals surface area contributed by atoms with Crippen LogP contribution in [-0.2, 0) is 0 Å². The molecule has 1 aromatic rings. The second-order valence-corrected chi connectivity index (χ2v) is 5.74. The van der Waals surface area contributed by atoms with Crippen molar-refractivity contribution in [3.8, 4) is 5.75 Å². The molecular formula is C19H31O. The van der Waals surface area contributed by atoms with Crippen LogP contribution in [0.3, 0.4) is 0 Å². The second-order valence-electron chi connectivity index (χ2n) is 5.74. The highest BCUT2D eigenvalue weighted by Crippen LogP contribution is 2.13. The third-order valence-corrected chi connectivity index (χ3v) is 3.68. The van der Waals surface area contributed by atoms with Crippen LogP contribution in [0.25, 0.3) is 0 Å². The molecule has 0 amide bonds. The van der Waals surface area contributed by atoms with Crippen molar-refractivity contribution in [2.24, 2.45) is 0 Å². The van der Waals surface area contributed by atoms with Crippen LogP contribution in [0, 0.1) is 13.0 Å². The first kappa shape index (κ1) is 17.1. The lowest BCUT2D eigenvalue weighted by molar-refractivity contribution is 0.304. The third-order valence-electron chi connectivity index (χ3n) is 3.68. The van der Waals surface area contributed by atoms with Crippen LogP contribution in [0.5, 0.6) is 5.75 Å². The predicted octanol–water partition coefficient (Wildman–Crippen LogP) is 6.09. The topological polar surface area (TPSA) is 9.23 Å². The van der Waals surface area contributed by atoms with E-state index < -0.39 is 0 Å². The van der Waals surface area contributed by atoms with Crippen molar-refractivity contribution in [1.29, 1.82) is 0 Å². The zero-order chi connectivity index (χ0) is 14.5. The Morgan fingerprint density at radius 1 is 0.900 bits per heavy atom. The SMILES string of the molecule is CCCCCCCCCCCCOc1cc[c]c(C)c1. The van der Waals surface area contributed by atoms with Gasteiger partial charge in [0.25, 0.3) is 0 Å². The zero-order valence-corrected chi connectivity index (χ0v) is 13.4. The van der Waals surface area contributed by atoms with E-state index in [-0.39, 0.29) is 0 Å². The standard InChI is InChI=1S/C19H31O/c1-3-4-5-6-7-8-9-10-11-12-16-20-19-15-13-14-18(2)17-19/h13,15,17H,3-12,16H2,1-2H3. The average molecular weight is 275 g/mol. The highest BCUT2D eigenvalue weighted by atomic mass is 16.5. The molecule has 0 aliphatic heterocycles. The van der Waals surface area contributed by atoms with Crippen LogP contribution >= 0.6 is 0 Å². The van der Waals surface area contributed by atoms with Gasteiger partial charge >= 0.3 is 0 Å². The molecule has 20 heavy (non-hydrogen) atoms. The Morgan fingerprint density at radius 2 is 1.50 bits per heavy atom. The first-order valence-corrected chi connectivity index (χ1v) is 8.44. The number of benzene rings is 1. The van der Waals surface area contributed by atoms with Crippen LogP contribution in [0.1, 0.15) is 76.7 Å². The number of aryl methyl sites for hydroxylation is 1. The van der Waals surface area contributed by atoms with Crippen LogP contribution in [0.2, 0.25) is 0 Å². The maximum atomic E-state index is 5.74. The zero-order valence-electron chi connectivity index (χ0n) is 13.4. The molecule has 1 heteroatoms. The summed E-state index contributed by atoms with van der Waals surface area (Å²) in [5.41, 5.74) is 1.14. The third kappa shape index (κ3) is 9.01. The molecule has 0 fully saturated rings. The molecule has 0 N–H and O–H groups in total. The Morgan fingerprint density at radius 3 is 2.10 bits per heavy atom. The van der Waals surface area contributed by atoms with Gasteiger partial charge < -0.3 is 4.74 Å². The van der Waals surface area contributed by atoms with E-state index in [1.807, 2.05) is 19.1 Å². The van der Waals surface area contributed by atoms with Crippen molar-refractivity contribution in [1.82, 2.24) is 0 Å². The van der Waals surface area contributed by atoms with Crippen molar-refractivity contribution in [2.75, 3.05) is 6.61 Å². The van der Waals surface area contributed by atoms with Crippen LogP contribution in [0.4, 0.5) is 0 Å². The van der Waals surface area contributed by atoms with Gasteiger partial charge in [-0.25, -0.2) is 0 Å². The Kier molecular flexibility index (Phi) is 10.1. The quantitative estimate of drug-likeness (QED) is 0.419. The number of hydrogen-bond acceptors (Lipinski definition) is 1. The Balaban J connectivity index is 1.85. The summed E-state index contributed by atoms with van der Waals surface area (Å²) in [5, 5.41) is 0. The fraction of sp³-hybridized carbons (Fsp3) is 0.684. The summed E-state index contributed by atoms with van der Waals surface area (Å²) in [4.78, 5) is 0. The smallest absolute Gasteiger partial charge is 0.119 e. The minimum absolute atomic E-state index is 0.847. The maximum Gasteiger partial charge on any atom is 0.119 e. The Hall–Kier alpha value is -0.980. The molecule has 0 aromatic heterocycles. The predicted molar refractivity (Wildman–Crippen MR) is 87.4 cm³/mol. The summed E-state index contributed by atoms with van der Waals surface area (Å²) in [5.74, 6) is 0.983. The van der Waals surface area contributed by atoms with Gasteiger partial charge in [0, 0.05) is 0 Å². The Bertz CT molecular complexity index is 332. The molecule has 0 aliphatic rings. The van der Waals surface area contributed by atoms with Gasteiger partial charge in [0.05, 0.1) is 6.61 Å². The molecule has 0 spiro atoms. The van der Waals surface area contributed by atoms with Gasteiger partial charge in [-0.3, -0.25) is 0 Å². The lowest BCUT2D eigenvalue weighted by Crippen LogP contribution is -1.97. The van der Waals surface area contributed by atoms with E-state index in [1.165, 1.54) is 64.2 Å². The van der Waals surface area contributed by atoms with E-state index in [2.05, 4.69) is 19.1 Å². The van der Waals surface area contributed by atoms with Crippen molar-refractivity contribution in [2.45, 2.75) is 78.1 Å². The maximum absolute atomic E-state index is 5.74. The van der Waals surface area contributed by atoms with Gasteiger partial charge in [0.15, 0.2) is 0 Å². The largest absolute Gasteiger partial charge is 0.494 e. The molecule has 1 nitrogen and oxygen atoms in total. The molecular weight excluding hydrogens is 244 g/mol. The summed E-state index contributed by atoms with van der Waals surface area (Å²) in [6, 6.07) is 9.11. The lowest BCUT2D eigenvalue weighted by Gasteiger charge is -2.06. The van der Waals surface area contributed by atoms with Crippen molar-refractivity contribution < 1.29 is 4.74 Å². The number of unbranched alkanes of at least 4 members (excludes halogenated alkanes) is 9. The van der Waals surface area contributed by atoms with Gasteiger partial charge in [-0.2, -0.15) is 0 Å². The van der Waals surface area contributed by atoms with Gasteiger partial charge in [-0.15, -0.1) is 0 Å². The fourth-order valence-electron chi connectivity index (χ4n) is 2.43. The van der Waals surface area contributed by atoms with Gasteiger partial charge in [-0.05, 0) is 37.1 Å². The van der Waals surface area contributed by atoms with Crippen molar-refractivity contribution in [3.63, 3.8) is 0 Å². The molecule has 113 valence electrons. The molecule has 0 aliphatic carbocycles. The summed E-state index contributed by atoms with van der Waals surface area (Å²) in [7, 11) is 0. The molecule has 0 saturated heterocycles. The molecule has 1 aromatic carbocycles. The second kappa shape index (κ2) is 11.8. The molecule has 1 rings (SSSR count). The number of ether oxygens (including phenoxy) is 1. The molecule has 0 heterocycles. The summed E-state index contributed by atoms with van der Waals surface area (Å²) < 4.78 is 5.74. The van der Waals surface area contributed by atoms with E-state index in [4.69, 9.17) is 4.74 Å². The van der Waals surface area contributed by atoms with E-state index in [9.17, 15) is 0 Å². The van der Waals surface area contributed by atoms with Crippen LogP contribution in [-0.4, -0.2) is 6.61 Å². The van der Waals surface area contributed by atoms with E-state index in [0.717, 1.165) is 17.9 Å². The number of rotatable bonds is 12. The Labute approximate surface area is 125 Å². The van der Waals surface area contributed by atoms with Gasteiger partial charge in [-0.1, -0.05) is 70.8 Å². The van der Waals surface area contributed by atoms with Crippen molar-refractivity contribution in [3.05, 3.63) is 29.8 Å². The molecule has 0 saturated carbocycles. The monoisotopic (exact) mass is 275 g/mol. The van der Waals surface area contributed by atoms with E-state index in [0.29, 0.717) is 0 Å². The van der Waals surface area contributed by atoms with E-state index in [1.54, 1.807) is 0 Å². The van der Waals surface area contributed by atoms with Crippen LogP contribution < -0.4 is 4.74 Å². The summed E-state index contributed by atoms with van der Waals surface area (Å²) >= 11 is 0. The first-order chi connectivity index (χ1) is 9.83. The molecule has 0 bridgehead atoms. The van der Waals surface area contributed by atoms with Gasteiger partial charge in [0.1, 0.15) is 5.75 Å². The number of hydrogen-bond donors (Lipinski definition) is 0. The minimum Gasteiger partial charge on any atom is -0.494 e. The highest BCUT2D eigenvalue weighted by Gasteiger charge is 1.95. The lowest BCUT2D eigenvalue weighted by atomic mass is 10.1. The minimum atomic E-state index is 0.847. The summed E-state index contributed by atoms with van der Waals surface area (Å²) in [6.07, 6.45) is 13.7. The van der Waals surface area contributed by atoms with Crippen LogP contribution in [0.15, 0.2) is 18.2 Å². The normalized spacial score (nSPS) is 10.7. The fourth-order valence-corrected chi connectivity index (χ4v) is 2.43.